The molecule has 2 N–H and O–H groups in total. The number of ether oxygens (including phenoxy) is 1. The third kappa shape index (κ3) is 5.56. The monoisotopic (exact) mass is 636 g/mol. The van der Waals surface area contributed by atoms with Gasteiger partial charge in [-0.1, -0.05) is 60.2 Å². The molecule has 0 saturated heterocycles. The molecule has 6 aromatic rings. The minimum absolute atomic E-state index is 0.00377. The molecule has 0 unspecified atom stereocenters. The number of hydrogen-bond acceptors (Lipinski definition) is 6. The summed E-state index contributed by atoms with van der Waals surface area (Å²) >= 11 is 0. The van der Waals surface area contributed by atoms with Gasteiger partial charge >= 0.3 is 10.1 Å². The molecule has 0 saturated carbocycles. The lowest BCUT2D eigenvalue weighted by Crippen LogP contribution is -2.25. The Morgan fingerprint density at radius 3 is 1.63 bits per heavy atom. The van der Waals surface area contributed by atoms with E-state index in [0.29, 0.717) is 39.5 Å². The third-order valence-electron chi connectivity index (χ3n) is 7.87. The maximum Gasteiger partial charge on any atom is 0.339 e. The fraction of sp³-hybridized carbons (Fsp3) is 0.143. The minimum atomic E-state index is -4.18. The largest absolute Gasteiger partial charge is 0.493 e. The number of aryl methyl sites for hydroxylation is 3. The first-order chi connectivity index (χ1) is 22.1. The van der Waals surface area contributed by atoms with E-state index in [2.05, 4.69) is 10.2 Å². The summed E-state index contributed by atoms with van der Waals surface area (Å²) in [5.74, 6) is -0.782. The Hall–Kier alpha value is -5.55. The van der Waals surface area contributed by atoms with Crippen molar-refractivity contribution in [1.82, 2.24) is 19.6 Å². The number of rotatable bonds is 9. The third-order valence-corrected chi connectivity index (χ3v) is 9.12. The van der Waals surface area contributed by atoms with E-state index in [-0.39, 0.29) is 27.5 Å². The van der Waals surface area contributed by atoms with Gasteiger partial charge in [-0.3, -0.25) is 19.8 Å². The number of methoxy groups -OCH3 is 1. The highest BCUT2D eigenvalue weighted by Crippen LogP contribution is 2.38. The lowest BCUT2D eigenvalue weighted by Gasteiger charge is -2.18. The fourth-order valence-corrected chi connectivity index (χ4v) is 6.54. The van der Waals surface area contributed by atoms with E-state index in [1.807, 2.05) is 67.6 Å². The predicted molar refractivity (Wildman–Crippen MR) is 175 cm³/mol. The summed E-state index contributed by atoms with van der Waals surface area (Å²) in [5.41, 5.74) is 3.87. The summed E-state index contributed by atoms with van der Waals surface area (Å²) in [4.78, 5) is 28.3. The number of H-pyrrole nitrogens is 2. The molecule has 6 rings (SSSR count). The summed E-state index contributed by atoms with van der Waals surface area (Å²) in [5, 5.41) is 6.34. The quantitative estimate of drug-likeness (QED) is 0.201. The Bertz CT molecular complexity index is 2150. The molecule has 0 bridgehead atoms. The number of aromatic amines is 2. The maximum atomic E-state index is 14.1. The molecule has 0 amide bonds. The van der Waals surface area contributed by atoms with E-state index in [9.17, 15) is 18.0 Å². The van der Waals surface area contributed by atoms with Gasteiger partial charge in [-0.05, 0) is 74.9 Å². The van der Waals surface area contributed by atoms with Crippen molar-refractivity contribution in [1.29, 1.82) is 0 Å². The molecule has 234 valence electrons. The fourth-order valence-electron chi connectivity index (χ4n) is 5.60. The van der Waals surface area contributed by atoms with E-state index in [1.165, 1.54) is 34.7 Å². The Balaban J connectivity index is 1.53. The van der Waals surface area contributed by atoms with Gasteiger partial charge in [0, 0.05) is 17.3 Å². The highest BCUT2D eigenvalue weighted by molar-refractivity contribution is 7.87. The van der Waals surface area contributed by atoms with Gasteiger partial charge in [0.2, 0.25) is 0 Å². The van der Waals surface area contributed by atoms with Crippen LogP contribution in [0.25, 0.3) is 11.4 Å². The van der Waals surface area contributed by atoms with Gasteiger partial charge in [-0.25, -0.2) is 9.36 Å². The van der Waals surface area contributed by atoms with Crippen LogP contribution in [0.1, 0.15) is 39.6 Å². The average Bonchev–Trinajstić information content (AvgIpc) is 3.52. The highest BCUT2D eigenvalue weighted by Gasteiger charge is 2.32. The van der Waals surface area contributed by atoms with Crippen LogP contribution in [0.4, 0.5) is 0 Å². The molecular formula is C35H32N4O6S. The smallest absolute Gasteiger partial charge is 0.339 e. The molecule has 11 heteroatoms. The van der Waals surface area contributed by atoms with Crippen molar-refractivity contribution in [2.24, 2.45) is 0 Å². The van der Waals surface area contributed by atoms with Crippen LogP contribution in [0.5, 0.6) is 11.5 Å². The Morgan fingerprint density at radius 2 is 1.15 bits per heavy atom. The van der Waals surface area contributed by atoms with E-state index in [0.717, 1.165) is 5.56 Å². The molecule has 0 aliphatic carbocycles. The van der Waals surface area contributed by atoms with Crippen LogP contribution in [-0.2, 0) is 10.1 Å². The molecule has 4 aromatic carbocycles. The first-order valence-corrected chi connectivity index (χ1v) is 15.9. The molecule has 0 atom stereocenters. The predicted octanol–water partition coefficient (Wildman–Crippen LogP) is 5.53. The summed E-state index contributed by atoms with van der Waals surface area (Å²) in [6.07, 6.45) is 0. The number of nitrogens with one attached hydrogen (secondary N) is 2. The van der Waals surface area contributed by atoms with Gasteiger partial charge in [0.15, 0.2) is 11.5 Å². The standard InChI is InChI=1S/C35H32N4O6S/c1-22-15-18-28(19-16-22)46(42,43)45-29-20-17-25(21-30(29)44-4)33(31-23(2)36-38(34(31)40)26-11-7-5-8-12-26)32-24(3)37-39(35(32)41)27-13-9-6-10-14-27/h5-21,33,36-37H,1-4H3. The maximum absolute atomic E-state index is 14.1. The highest BCUT2D eigenvalue weighted by atomic mass is 32.2. The summed E-state index contributed by atoms with van der Waals surface area (Å²) < 4.78 is 40.3. The molecule has 10 nitrogen and oxygen atoms in total. The van der Waals surface area contributed by atoms with Gasteiger partial charge in [-0.2, -0.15) is 8.42 Å². The number of para-hydroxylation sites is 2. The number of nitrogens with zero attached hydrogens (tertiary/aromatic N) is 2. The molecule has 2 aromatic heterocycles. The van der Waals surface area contributed by atoms with Crippen LogP contribution >= 0.6 is 0 Å². The lowest BCUT2D eigenvalue weighted by molar-refractivity contribution is 0.390. The van der Waals surface area contributed by atoms with Crippen LogP contribution in [0.3, 0.4) is 0 Å². The second-order valence-corrected chi connectivity index (χ2v) is 12.5. The van der Waals surface area contributed by atoms with E-state index >= 15 is 0 Å². The summed E-state index contributed by atoms with van der Waals surface area (Å²) in [6, 6.07) is 29.3. The van der Waals surface area contributed by atoms with E-state index in [4.69, 9.17) is 8.92 Å². The second-order valence-electron chi connectivity index (χ2n) is 10.9. The van der Waals surface area contributed by atoms with Crippen LogP contribution in [-0.4, -0.2) is 35.1 Å². The topological polar surface area (TPSA) is 128 Å². The molecule has 46 heavy (non-hydrogen) atoms. The molecule has 0 fully saturated rings. The van der Waals surface area contributed by atoms with Gasteiger partial charge in [-0.15, -0.1) is 0 Å². The first-order valence-electron chi connectivity index (χ1n) is 14.5. The van der Waals surface area contributed by atoms with Gasteiger partial charge in [0.1, 0.15) is 4.90 Å². The Morgan fingerprint density at radius 1 is 0.652 bits per heavy atom. The molecule has 0 radical (unpaired) electrons. The van der Waals surface area contributed by atoms with Crippen molar-refractivity contribution >= 4 is 10.1 Å². The first kappa shape index (κ1) is 30.5. The number of benzene rings is 4. The van der Waals surface area contributed by atoms with Gasteiger partial charge < -0.3 is 8.92 Å². The summed E-state index contributed by atoms with van der Waals surface area (Å²) in [7, 11) is -2.78. The SMILES string of the molecule is COc1cc(C(c2c(C)[nH]n(-c3ccccc3)c2=O)c2c(C)[nH]n(-c3ccccc3)c2=O)ccc1OS(=O)(=O)c1ccc(C)cc1. The molecule has 0 spiro atoms. The van der Waals surface area contributed by atoms with Crippen LogP contribution < -0.4 is 20.0 Å². The van der Waals surface area contributed by atoms with Crippen LogP contribution in [0.15, 0.2) is 118 Å². The van der Waals surface area contributed by atoms with Crippen molar-refractivity contribution in [2.75, 3.05) is 7.11 Å². The van der Waals surface area contributed by atoms with Gasteiger partial charge in [0.05, 0.1) is 29.6 Å². The molecule has 2 heterocycles. The average molecular weight is 637 g/mol. The Kier molecular flexibility index (Phi) is 8.01. The summed E-state index contributed by atoms with van der Waals surface area (Å²) in [6.45, 7) is 5.42. The molecule has 0 aliphatic heterocycles. The number of hydrogen-bond donors (Lipinski definition) is 2. The zero-order valence-corrected chi connectivity index (χ0v) is 26.5. The van der Waals surface area contributed by atoms with Crippen LogP contribution in [0, 0.1) is 20.8 Å². The zero-order valence-electron chi connectivity index (χ0n) is 25.6. The zero-order chi connectivity index (χ0) is 32.6. The van der Waals surface area contributed by atoms with Crippen LogP contribution in [0.2, 0.25) is 0 Å². The number of aromatic nitrogens is 4. The normalized spacial score (nSPS) is 11.6. The van der Waals surface area contributed by atoms with Crippen molar-refractivity contribution in [3.05, 3.63) is 157 Å². The second kappa shape index (κ2) is 12.1. The van der Waals surface area contributed by atoms with E-state index < -0.39 is 16.0 Å². The Labute approximate surface area is 265 Å². The minimum Gasteiger partial charge on any atom is -0.493 e. The van der Waals surface area contributed by atoms with Crippen molar-refractivity contribution < 1.29 is 17.3 Å². The lowest BCUT2D eigenvalue weighted by atomic mass is 9.85. The van der Waals surface area contributed by atoms with Gasteiger partial charge in [0.25, 0.3) is 11.1 Å². The van der Waals surface area contributed by atoms with Crippen molar-refractivity contribution in [2.45, 2.75) is 31.6 Å². The van der Waals surface area contributed by atoms with Crippen molar-refractivity contribution in [3.63, 3.8) is 0 Å². The molecular weight excluding hydrogens is 604 g/mol. The van der Waals surface area contributed by atoms with Crippen molar-refractivity contribution in [3.8, 4) is 22.9 Å². The molecule has 0 aliphatic rings. The van der Waals surface area contributed by atoms with E-state index in [1.54, 1.807) is 38.1 Å².